The van der Waals surface area contributed by atoms with Gasteiger partial charge in [0.2, 0.25) is 0 Å². The van der Waals surface area contributed by atoms with Crippen molar-refractivity contribution in [1.82, 2.24) is 5.32 Å². The second kappa shape index (κ2) is 7.48. The van der Waals surface area contributed by atoms with E-state index in [0.717, 1.165) is 35.2 Å². The van der Waals surface area contributed by atoms with E-state index in [-0.39, 0.29) is 18.0 Å². The molecule has 0 saturated carbocycles. The highest BCUT2D eigenvalue weighted by Gasteiger charge is 2.12. The molecule has 4 nitrogen and oxygen atoms in total. The van der Waals surface area contributed by atoms with E-state index in [1.165, 1.54) is 0 Å². The Hall–Kier alpha value is -1.52. The van der Waals surface area contributed by atoms with Gasteiger partial charge in [-0.15, -0.1) is 12.4 Å². The van der Waals surface area contributed by atoms with Gasteiger partial charge in [0.15, 0.2) is 0 Å². The lowest BCUT2D eigenvalue weighted by Gasteiger charge is -2.12. The Morgan fingerprint density at radius 1 is 1.14 bits per heavy atom. The summed E-state index contributed by atoms with van der Waals surface area (Å²) in [5, 5.41) is 4.05. The molecule has 0 aliphatic carbocycles. The molecule has 2 rings (SSSR count). The molecule has 1 heterocycles. The molecular weight excluding hydrogens is 290 g/mol. The van der Waals surface area contributed by atoms with Crippen LogP contribution in [0.4, 0.5) is 0 Å². The van der Waals surface area contributed by atoms with Crippen LogP contribution in [0.5, 0.6) is 5.75 Å². The first-order valence-electron chi connectivity index (χ1n) is 6.87. The molecule has 1 aromatic carbocycles. The summed E-state index contributed by atoms with van der Waals surface area (Å²) in [4.78, 5) is 11.8. The van der Waals surface area contributed by atoms with Gasteiger partial charge in [0, 0.05) is 16.5 Å². The average molecular weight is 312 g/mol. The Morgan fingerprint density at radius 2 is 1.86 bits per heavy atom. The van der Waals surface area contributed by atoms with E-state index < -0.39 is 0 Å². The lowest BCUT2D eigenvalue weighted by atomic mass is 10.0. The van der Waals surface area contributed by atoms with Gasteiger partial charge in [-0.1, -0.05) is 0 Å². The quantitative estimate of drug-likeness (QED) is 0.681. The second-order valence-corrected chi connectivity index (χ2v) is 5.01. The monoisotopic (exact) mass is 311 g/mol. The average Bonchev–Trinajstić information content (AvgIpc) is 2.44. The number of ether oxygens (including phenoxy) is 1. The highest BCUT2D eigenvalue weighted by atomic mass is 35.5. The van der Waals surface area contributed by atoms with Crippen LogP contribution in [0, 0.1) is 20.8 Å². The summed E-state index contributed by atoms with van der Waals surface area (Å²) in [5.74, 6) is 0.778. The largest absolute Gasteiger partial charge is 0.493 e. The molecular formula is C16H22ClNO3. The molecule has 0 atom stereocenters. The molecule has 0 spiro atoms. The lowest BCUT2D eigenvalue weighted by Crippen LogP contribution is -2.12. The standard InChI is InChI=1S/C16H21NO3.ClH/c1-10-11(2)16(18)20-15-12(3)14(7-6-13(10)15)19-9-5-8-17-4;/h6-7,17H,5,8-9H2,1-4H3;1H. The first-order chi connectivity index (χ1) is 9.56. The van der Waals surface area contributed by atoms with Gasteiger partial charge in [-0.25, -0.2) is 4.79 Å². The Kier molecular flexibility index (Phi) is 6.24. The van der Waals surface area contributed by atoms with Gasteiger partial charge in [-0.2, -0.15) is 0 Å². The third-order valence-corrected chi connectivity index (χ3v) is 3.65. The fourth-order valence-corrected chi connectivity index (χ4v) is 2.21. The van der Waals surface area contributed by atoms with Gasteiger partial charge in [0.1, 0.15) is 11.3 Å². The number of aryl methyl sites for hydroxylation is 2. The zero-order chi connectivity index (χ0) is 14.7. The number of hydrogen-bond donors (Lipinski definition) is 1. The van der Waals surface area contributed by atoms with Crippen molar-refractivity contribution in [3.05, 3.63) is 39.2 Å². The van der Waals surface area contributed by atoms with E-state index in [1.54, 1.807) is 6.92 Å². The van der Waals surface area contributed by atoms with Gasteiger partial charge in [-0.3, -0.25) is 0 Å². The highest BCUT2D eigenvalue weighted by molar-refractivity contribution is 5.85. The molecule has 2 aromatic rings. The molecule has 1 N–H and O–H groups in total. The van der Waals surface area contributed by atoms with Crippen molar-refractivity contribution < 1.29 is 9.15 Å². The summed E-state index contributed by atoms with van der Waals surface area (Å²) >= 11 is 0. The van der Waals surface area contributed by atoms with Crippen LogP contribution in [0.25, 0.3) is 11.0 Å². The minimum atomic E-state index is -0.273. The van der Waals surface area contributed by atoms with Crippen LogP contribution in [0.2, 0.25) is 0 Å². The van der Waals surface area contributed by atoms with Crippen LogP contribution >= 0.6 is 12.4 Å². The van der Waals surface area contributed by atoms with E-state index in [9.17, 15) is 4.79 Å². The third-order valence-electron chi connectivity index (χ3n) is 3.65. The molecule has 0 unspecified atom stereocenters. The summed E-state index contributed by atoms with van der Waals surface area (Å²) in [5.41, 5.74) is 2.88. The van der Waals surface area contributed by atoms with Crippen molar-refractivity contribution in [1.29, 1.82) is 0 Å². The minimum Gasteiger partial charge on any atom is -0.493 e. The van der Waals surface area contributed by atoms with Crippen LogP contribution in [0.3, 0.4) is 0 Å². The Bertz CT molecular complexity index is 679. The third kappa shape index (κ3) is 3.57. The van der Waals surface area contributed by atoms with Crippen LogP contribution in [-0.2, 0) is 0 Å². The second-order valence-electron chi connectivity index (χ2n) is 5.01. The Labute approximate surface area is 130 Å². The fourth-order valence-electron chi connectivity index (χ4n) is 2.21. The summed E-state index contributed by atoms with van der Waals surface area (Å²) in [6.07, 6.45) is 0.935. The summed E-state index contributed by atoms with van der Waals surface area (Å²) in [6.45, 7) is 7.22. The highest BCUT2D eigenvalue weighted by Crippen LogP contribution is 2.29. The zero-order valence-corrected chi connectivity index (χ0v) is 13.7. The van der Waals surface area contributed by atoms with E-state index in [2.05, 4.69) is 5.32 Å². The normalized spacial score (nSPS) is 10.5. The number of fused-ring (bicyclic) bond motifs is 1. The number of benzene rings is 1. The van der Waals surface area contributed by atoms with Gasteiger partial charge in [0.25, 0.3) is 0 Å². The van der Waals surface area contributed by atoms with Crippen molar-refractivity contribution in [2.75, 3.05) is 20.2 Å². The summed E-state index contributed by atoms with van der Waals surface area (Å²) in [7, 11) is 1.92. The molecule has 21 heavy (non-hydrogen) atoms. The van der Waals surface area contributed by atoms with Crippen molar-refractivity contribution in [2.24, 2.45) is 0 Å². The molecule has 0 aliphatic rings. The Morgan fingerprint density at radius 3 is 2.52 bits per heavy atom. The zero-order valence-electron chi connectivity index (χ0n) is 12.9. The van der Waals surface area contributed by atoms with Gasteiger partial charge in [0.05, 0.1) is 6.61 Å². The van der Waals surface area contributed by atoms with Crippen LogP contribution in [0.1, 0.15) is 23.1 Å². The summed E-state index contributed by atoms with van der Waals surface area (Å²) in [6, 6.07) is 3.91. The predicted octanol–water partition coefficient (Wildman–Crippen LogP) is 3.13. The van der Waals surface area contributed by atoms with Crippen molar-refractivity contribution in [2.45, 2.75) is 27.2 Å². The van der Waals surface area contributed by atoms with Crippen molar-refractivity contribution >= 4 is 23.4 Å². The van der Waals surface area contributed by atoms with E-state index in [0.29, 0.717) is 17.8 Å². The molecule has 0 saturated heterocycles. The molecule has 5 heteroatoms. The molecule has 0 bridgehead atoms. The fraction of sp³-hybridized carbons (Fsp3) is 0.438. The maximum atomic E-state index is 11.8. The van der Waals surface area contributed by atoms with Crippen LogP contribution in [-0.4, -0.2) is 20.2 Å². The molecule has 0 aliphatic heterocycles. The predicted molar refractivity (Wildman–Crippen MR) is 88.0 cm³/mol. The summed E-state index contributed by atoms with van der Waals surface area (Å²) < 4.78 is 11.2. The van der Waals surface area contributed by atoms with Crippen molar-refractivity contribution in [3.63, 3.8) is 0 Å². The minimum absolute atomic E-state index is 0. The Balaban J connectivity index is 0.00000220. The first kappa shape index (κ1) is 17.5. The van der Waals surface area contributed by atoms with Gasteiger partial charge in [-0.05, 0) is 58.5 Å². The SMILES string of the molecule is CNCCCOc1ccc2c(C)c(C)c(=O)oc2c1C.Cl. The molecule has 0 amide bonds. The number of nitrogens with one attached hydrogen (secondary N) is 1. The first-order valence-corrected chi connectivity index (χ1v) is 6.87. The van der Waals surface area contributed by atoms with Gasteiger partial charge < -0.3 is 14.5 Å². The molecule has 1 aromatic heterocycles. The maximum Gasteiger partial charge on any atom is 0.339 e. The van der Waals surface area contributed by atoms with E-state index in [4.69, 9.17) is 9.15 Å². The van der Waals surface area contributed by atoms with E-state index >= 15 is 0 Å². The molecule has 0 fully saturated rings. The smallest absolute Gasteiger partial charge is 0.339 e. The molecule has 0 radical (unpaired) electrons. The maximum absolute atomic E-state index is 11.8. The van der Waals surface area contributed by atoms with Gasteiger partial charge >= 0.3 is 5.63 Å². The lowest BCUT2D eigenvalue weighted by molar-refractivity contribution is 0.307. The van der Waals surface area contributed by atoms with Crippen LogP contribution in [0.15, 0.2) is 21.3 Å². The topological polar surface area (TPSA) is 51.5 Å². The van der Waals surface area contributed by atoms with Crippen molar-refractivity contribution in [3.8, 4) is 5.75 Å². The molecule has 116 valence electrons. The van der Waals surface area contributed by atoms with Crippen LogP contribution < -0.4 is 15.7 Å². The number of rotatable bonds is 5. The number of hydrogen-bond acceptors (Lipinski definition) is 4. The number of halogens is 1. The van der Waals surface area contributed by atoms with E-state index in [1.807, 2.05) is 33.0 Å².